The van der Waals surface area contributed by atoms with Gasteiger partial charge in [0.2, 0.25) is 0 Å². The third-order valence-electron chi connectivity index (χ3n) is 4.04. The fraction of sp³-hybridized carbons (Fsp3) is 1.00. The average Bonchev–Trinajstić information content (AvgIpc) is 2.60. The second-order valence-corrected chi connectivity index (χ2v) is 7.57. The molecule has 4 nitrogen and oxygen atoms in total. The first-order valence-electron chi connectivity index (χ1n) is 6.18. The number of likely N-dealkylation sites (tertiary alicyclic amines) is 1. The van der Waals surface area contributed by atoms with Crippen LogP contribution >= 0.6 is 0 Å². The van der Waals surface area contributed by atoms with Crippen molar-refractivity contribution < 1.29 is 8.42 Å². The molecule has 2 N–H and O–H groups in total. The molecule has 2 fully saturated rings. The van der Waals surface area contributed by atoms with Crippen LogP contribution in [0, 0.1) is 5.92 Å². The van der Waals surface area contributed by atoms with E-state index in [-0.39, 0.29) is 0 Å². The summed E-state index contributed by atoms with van der Waals surface area (Å²) < 4.78 is 22.7. The van der Waals surface area contributed by atoms with E-state index >= 15 is 0 Å². The summed E-state index contributed by atoms with van der Waals surface area (Å²) in [5.41, 5.74) is 5.71. The predicted molar refractivity (Wildman–Crippen MR) is 65.0 cm³/mol. The molecule has 2 heterocycles. The normalized spacial score (nSPS) is 36.6. The SMILES string of the molecule is CC1CC(CN)CN1C1CCS(=O)(=O)CC1. The van der Waals surface area contributed by atoms with Gasteiger partial charge in [-0.25, -0.2) is 8.42 Å². The van der Waals surface area contributed by atoms with E-state index in [9.17, 15) is 8.42 Å². The van der Waals surface area contributed by atoms with Crippen LogP contribution in [-0.4, -0.2) is 50.0 Å². The molecule has 0 aliphatic carbocycles. The van der Waals surface area contributed by atoms with Crippen molar-refractivity contribution in [2.45, 2.75) is 38.3 Å². The first kappa shape index (κ1) is 12.3. The smallest absolute Gasteiger partial charge is 0.150 e. The summed E-state index contributed by atoms with van der Waals surface area (Å²) in [5.74, 6) is 1.34. The lowest BCUT2D eigenvalue weighted by atomic mass is 10.1. The summed E-state index contributed by atoms with van der Waals surface area (Å²) >= 11 is 0. The van der Waals surface area contributed by atoms with Gasteiger partial charge in [0, 0.05) is 18.6 Å². The van der Waals surface area contributed by atoms with E-state index in [2.05, 4.69) is 11.8 Å². The number of nitrogens with zero attached hydrogens (tertiary/aromatic N) is 1. The molecule has 2 aliphatic heterocycles. The van der Waals surface area contributed by atoms with E-state index in [0.717, 1.165) is 25.9 Å². The molecule has 94 valence electrons. The molecule has 0 amide bonds. The summed E-state index contributed by atoms with van der Waals surface area (Å²) in [5, 5.41) is 0. The van der Waals surface area contributed by atoms with Gasteiger partial charge in [0.25, 0.3) is 0 Å². The Labute approximate surface area is 98.1 Å². The maximum atomic E-state index is 11.4. The zero-order chi connectivity index (χ0) is 11.8. The molecule has 0 saturated carbocycles. The minimum atomic E-state index is -2.73. The predicted octanol–water partition coefficient (Wildman–Crippen LogP) is 0.233. The molecule has 2 saturated heterocycles. The summed E-state index contributed by atoms with van der Waals surface area (Å²) in [4.78, 5) is 2.48. The molecule has 0 aromatic rings. The van der Waals surface area contributed by atoms with Crippen LogP contribution in [0.2, 0.25) is 0 Å². The maximum Gasteiger partial charge on any atom is 0.150 e. The number of rotatable bonds is 2. The second-order valence-electron chi connectivity index (χ2n) is 5.27. The van der Waals surface area contributed by atoms with Crippen LogP contribution in [-0.2, 0) is 9.84 Å². The molecule has 2 atom stereocenters. The van der Waals surface area contributed by atoms with E-state index in [4.69, 9.17) is 5.73 Å². The Morgan fingerprint density at radius 3 is 2.44 bits per heavy atom. The van der Waals surface area contributed by atoms with Crippen LogP contribution in [0.4, 0.5) is 0 Å². The van der Waals surface area contributed by atoms with Crippen LogP contribution in [0.5, 0.6) is 0 Å². The molecule has 0 radical (unpaired) electrons. The molecule has 0 aromatic heterocycles. The second kappa shape index (κ2) is 4.63. The van der Waals surface area contributed by atoms with Crippen molar-refractivity contribution in [3.8, 4) is 0 Å². The van der Waals surface area contributed by atoms with E-state index in [1.807, 2.05) is 0 Å². The Morgan fingerprint density at radius 1 is 1.31 bits per heavy atom. The summed E-state index contributed by atoms with van der Waals surface area (Å²) in [7, 11) is -2.73. The number of hydrogen-bond donors (Lipinski definition) is 1. The van der Waals surface area contributed by atoms with E-state index in [0.29, 0.717) is 29.5 Å². The standard InChI is InChI=1S/C11H22N2O2S/c1-9-6-10(7-12)8-13(9)11-2-4-16(14,15)5-3-11/h9-11H,2-8,12H2,1H3. The average molecular weight is 246 g/mol. The number of hydrogen-bond acceptors (Lipinski definition) is 4. The van der Waals surface area contributed by atoms with Crippen LogP contribution < -0.4 is 5.73 Å². The molecule has 2 unspecified atom stereocenters. The van der Waals surface area contributed by atoms with Gasteiger partial charge in [-0.3, -0.25) is 4.90 Å². The van der Waals surface area contributed by atoms with E-state index in [1.165, 1.54) is 6.42 Å². The summed E-state index contributed by atoms with van der Waals surface area (Å²) in [6.45, 7) is 4.05. The Kier molecular flexibility index (Phi) is 3.56. The molecule has 16 heavy (non-hydrogen) atoms. The van der Waals surface area contributed by atoms with Gasteiger partial charge in [0.1, 0.15) is 9.84 Å². The fourth-order valence-corrected chi connectivity index (χ4v) is 4.53. The molecule has 5 heteroatoms. The van der Waals surface area contributed by atoms with Crippen LogP contribution in [0.1, 0.15) is 26.2 Å². The van der Waals surface area contributed by atoms with E-state index in [1.54, 1.807) is 0 Å². The molecular formula is C11H22N2O2S. The molecule has 0 bridgehead atoms. The highest BCUT2D eigenvalue weighted by Crippen LogP contribution is 2.29. The summed E-state index contributed by atoms with van der Waals surface area (Å²) in [6, 6.07) is 1.04. The minimum Gasteiger partial charge on any atom is -0.330 e. The first-order valence-corrected chi connectivity index (χ1v) is 8.00. The Balaban J connectivity index is 1.94. The minimum absolute atomic E-state index is 0.369. The lowest BCUT2D eigenvalue weighted by molar-refractivity contribution is 0.174. The Morgan fingerprint density at radius 2 is 1.94 bits per heavy atom. The van der Waals surface area contributed by atoms with Crippen LogP contribution in [0.25, 0.3) is 0 Å². The van der Waals surface area contributed by atoms with Crippen molar-refractivity contribution in [3.05, 3.63) is 0 Å². The Bertz CT molecular complexity index is 328. The number of sulfone groups is 1. The maximum absolute atomic E-state index is 11.4. The highest BCUT2D eigenvalue weighted by atomic mass is 32.2. The van der Waals surface area contributed by atoms with Crippen molar-refractivity contribution in [2.75, 3.05) is 24.6 Å². The largest absolute Gasteiger partial charge is 0.330 e. The van der Waals surface area contributed by atoms with Gasteiger partial charge in [0.05, 0.1) is 11.5 Å². The van der Waals surface area contributed by atoms with Gasteiger partial charge in [-0.05, 0) is 38.6 Å². The van der Waals surface area contributed by atoms with Crippen molar-refractivity contribution in [2.24, 2.45) is 11.7 Å². The van der Waals surface area contributed by atoms with Crippen LogP contribution in [0.3, 0.4) is 0 Å². The molecule has 2 aliphatic rings. The zero-order valence-corrected chi connectivity index (χ0v) is 10.7. The van der Waals surface area contributed by atoms with Gasteiger partial charge in [-0.1, -0.05) is 0 Å². The first-order chi connectivity index (χ1) is 7.52. The highest BCUT2D eigenvalue weighted by Gasteiger charge is 2.35. The Hall–Kier alpha value is -0.130. The molecule has 0 aromatic carbocycles. The number of nitrogens with two attached hydrogens (primary N) is 1. The lowest BCUT2D eigenvalue weighted by Gasteiger charge is -2.34. The topological polar surface area (TPSA) is 63.4 Å². The van der Waals surface area contributed by atoms with E-state index < -0.39 is 9.84 Å². The fourth-order valence-electron chi connectivity index (χ4n) is 3.06. The van der Waals surface area contributed by atoms with Crippen molar-refractivity contribution in [1.29, 1.82) is 0 Å². The van der Waals surface area contributed by atoms with Crippen LogP contribution in [0.15, 0.2) is 0 Å². The van der Waals surface area contributed by atoms with Gasteiger partial charge in [-0.2, -0.15) is 0 Å². The van der Waals surface area contributed by atoms with Gasteiger partial charge >= 0.3 is 0 Å². The van der Waals surface area contributed by atoms with Crippen molar-refractivity contribution >= 4 is 9.84 Å². The highest BCUT2D eigenvalue weighted by molar-refractivity contribution is 7.91. The van der Waals surface area contributed by atoms with Gasteiger partial charge in [0.15, 0.2) is 0 Å². The van der Waals surface area contributed by atoms with Crippen molar-refractivity contribution in [1.82, 2.24) is 4.90 Å². The molecule has 2 rings (SSSR count). The zero-order valence-electron chi connectivity index (χ0n) is 9.93. The van der Waals surface area contributed by atoms with Gasteiger partial charge < -0.3 is 5.73 Å². The quantitative estimate of drug-likeness (QED) is 0.758. The third-order valence-corrected chi connectivity index (χ3v) is 5.75. The molecular weight excluding hydrogens is 224 g/mol. The summed E-state index contributed by atoms with van der Waals surface area (Å²) in [6.07, 6.45) is 2.79. The monoisotopic (exact) mass is 246 g/mol. The molecule has 0 spiro atoms. The lowest BCUT2D eigenvalue weighted by Crippen LogP contribution is -2.43. The van der Waals surface area contributed by atoms with Gasteiger partial charge in [-0.15, -0.1) is 0 Å². The van der Waals surface area contributed by atoms with Crippen molar-refractivity contribution in [3.63, 3.8) is 0 Å². The third kappa shape index (κ3) is 2.57.